The van der Waals surface area contributed by atoms with E-state index in [-0.39, 0.29) is 5.78 Å². The SMILES string of the molecule is CC(C)c1noc(C2CC2)c1C1=CCCC1=O. The minimum absolute atomic E-state index is 0.247. The predicted molar refractivity (Wildman–Crippen MR) is 64.8 cm³/mol. The zero-order valence-electron chi connectivity index (χ0n) is 10.3. The van der Waals surface area contributed by atoms with Gasteiger partial charge in [0, 0.05) is 17.9 Å². The largest absolute Gasteiger partial charge is 0.360 e. The van der Waals surface area contributed by atoms with Crippen molar-refractivity contribution in [2.75, 3.05) is 0 Å². The Kier molecular flexibility index (Phi) is 2.42. The minimum atomic E-state index is 0.247. The van der Waals surface area contributed by atoms with Crippen LogP contribution in [0.25, 0.3) is 5.57 Å². The molecule has 0 saturated heterocycles. The lowest BCUT2D eigenvalue weighted by molar-refractivity contribution is -0.113. The van der Waals surface area contributed by atoms with Gasteiger partial charge in [-0.2, -0.15) is 0 Å². The van der Waals surface area contributed by atoms with Crippen molar-refractivity contribution in [1.29, 1.82) is 0 Å². The van der Waals surface area contributed by atoms with Gasteiger partial charge in [-0.25, -0.2) is 0 Å². The quantitative estimate of drug-likeness (QED) is 0.800. The fraction of sp³-hybridized carbons (Fsp3) is 0.571. The van der Waals surface area contributed by atoms with E-state index >= 15 is 0 Å². The van der Waals surface area contributed by atoms with Gasteiger partial charge in [0.25, 0.3) is 0 Å². The molecule has 0 unspecified atom stereocenters. The Morgan fingerprint density at radius 2 is 2.18 bits per heavy atom. The molecule has 1 heterocycles. The van der Waals surface area contributed by atoms with E-state index in [4.69, 9.17) is 4.52 Å². The normalized spacial score (nSPS) is 20.2. The molecule has 0 aliphatic heterocycles. The number of hydrogen-bond acceptors (Lipinski definition) is 3. The number of aromatic nitrogens is 1. The topological polar surface area (TPSA) is 43.1 Å². The van der Waals surface area contributed by atoms with Crippen molar-refractivity contribution in [3.63, 3.8) is 0 Å². The maximum atomic E-state index is 11.9. The summed E-state index contributed by atoms with van der Waals surface area (Å²) in [5.74, 6) is 2.00. The van der Waals surface area contributed by atoms with Crippen LogP contribution in [-0.2, 0) is 4.79 Å². The Hall–Kier alpha value is -1.38. The summed E-state index contributed by atoms with van der Waals surface area (Å²) >= 11 is 0. The summed E-state index contributed by atoms with van der Waals surface area (Å²) in [5, 5.41) is 4.19. The summed E-state index contributed by atoms with van der Waals surface area (Å²) in [6, 6.07) is 0. The summed E-state index contributed by atoms with van der Waals surface area (Å²) < 4.78 is 5.50. The molecule has 90 valence electrons. The van der Waals surface area contributed by atoms with Crippen LogP contribution < -0.4 is 0 Å². The third-order valence-corrected chi connectivity index (χ3v) is 3.53. The highest BCUT2D eigenvalue weighted by molar-refractivity contribution is 6.23. The molecular weight excluding hydrogens is 214 g/mol. The third kappa shape index (κ3) is 1.74. The van der Waals surface area contributed by atoms with Gasteiger partial charge in [0.1, 0.15) is 5.76 Å². The third-order valence-electron chi connectivity index (χ3n) is 3.53. The van der Waals surface area contributed by atoms with Gasteiger partial charge in [0.05, 0.1) is 11.3 Å². The van der Waals surface area contributed by atoms with E-state index < -0.39 is 0 Å². The van der Waals surface area contributed by atoms with Crippen LogP contribution in [0.2, 0.25) is 0 Å². The monoisotopic (exact) mass is 231 g/mol. The molecule has 3 nitrogen and oxygen atoms in total. The van der Waals surface area contributed by atoms with Gasteiger partial charge >= 0.3 is 0 Å². The van der Waals surface area contributed by atoms with E-state index in [1.54, 1.807) is 0 Å². The standard InChI is InChI=1S/C14H17NO2/c1-8(2)13-12(10-4-3-5-11(10)16)14(17-15-13)9-6-7-9/h4,8-9H,3,5-7H2,1-2H3. The van der Waals surface area contributed by atoms with Gasteiger partial charge in [-0.15, -0.1) is 0 Å². The summed E-state index contributed by atoms with van der Waals surface area (Å²) in [4.78, 5) is 11.9. The first kappa shape index (κ1) is 10.8. The first-order valence-corrected chi connectivity index (χ1v) is 6.41. The van der Waals surface area contributed by atoms with Crippen LogP contribution in [0.1, 0.15) is 68.4 Å². The molecule has 0 atom stereocenters. The first-order valence-electron chi connectivity index (χ1n) is 6.41. The summed E-state index contributed by atoms with van der Waals surface area (Å²) in [7, 11) is 0. The molecule has 0 bridgehead atoms. The number of hydrogen-bond donors (Lipinski definition) is 0. The van der Waals surface area contributed by atoms with E-state index in [1.165, 1.54) is 12.8 Å². The summed E-state index contributed by atoms with van der Waals surface area (Å²) in [5.41, 5.74) is 2.83. The van der Waals surface area contributed by atoms with Crippen LogP contribution in [0.3, 0.4) is 0 Å². The van der Waals surface area contributed by atoms with Crippen molar-refractivity contribution in [1.82, 2.24) is 5.16 Å². The van der Waals surface area contributed by atoms with E-state index in [1.807, 2.05) is 6.08 Å². The van der Waals surface area contributed by atoms with Gasteiger partial charge in [-0.3, -0.25) is 4.79 Å². The fourth-order valence-corrected chi connectivity index (χ4v) is 2.44. The van der Waals surface area contributed by atoms with Crippen LogP contribution >= 0.6 is 0 Å². The maximum Gasteiger partial charge on any atom is 0.163 e. The predicted octanol–water partition coefficient (Wildman–Crippen LogP) is 3.42. The van der Waals surface area contributed by atoms with Crippen LogP contribution in [0.5, 0.6) is 0 Å². The first-order chi connectivity index (χ1) is 8.18. The highest BCUT2D eigenvalue weighted by Gasteiger charge is 2.36. The van der Waals surface area contributed by atoms with Crippen LogP contribution in [-0.4, -0.2) is 10.9 Å². The number of rotatable bonds is 3. The zero-order chi connectivity index (χ0) is 12.0. The molecule has 0 aromatic carbocycles. The Bertz CT molecular complexity index is 473. The smallest absolute Gasteiger partial charge is 0.163 e. The van der Waals surface area contributed by atoms with E-state index in [0.717, 1.165) is 29.0 Å². The maximum absolute atomic E-state index is 11.9. The number of carbonyl (C=O) groups excluding carboxylic acids is 1. The number of Topliss-reactive ketones (excluding diaryl/α,β-unsaturated/α-hetero) is 1. The number of carbonyl (C=O) groups is 1. The summed E-state index contributed by atoms with van der Waals surface area (Å²) in [6.45, 7) is 4.19. The molecule has 0 spiro atoms. The van der Waals surface area contributed by atoms with Crippen molar-refractivity contribution >= 4 is 11.4 Å². The average molecular weight is 231 g/mol. The molecule has 1 fully saturated rings. The van der Waals surface area contributed by atoms with E-state index in [9.17, 15) is 4.79 Å². The molecule has 2 aliphatic carbocycles. The van der Waals surface area contributed by atoms with Gasteiger partial charge in [0.15, 0.2) is 5.78 Å². The number of ketones is 1. The second-order valence-corrected chi connectivity index (χ2v) is 5.32. The lowest BCUT2D eigenvalue weighted by Gasteiger charge is -2.06. The van der Waals surface area contributed by atoms with Crippen molar-refractivity contribution in [2.45, 2.75) is 51.4 Å². The zero-order valence-corrected chi connectivity index (χ0v) is 10.3. The second-order valence-electron chi connectivity index (χ2n) is 5.32. The molecule has 1 saturated carbocycles. The van der Waals surface area contributed by atoms with Crippen molar-refractivity contribution in [3.8, 4) is 0 Å². The molecule has 17 heavy (non-hydrogen) atoms. The molecule has 2 aliphatic rings. The average Bonchev–Trinajstić information content (AvgIpc) is 2.89. The van der Waals surface area contributed by atoms with Crippen molar-refractivity contribution in [3.05, 3.63) is 23.1 Å². The lowest BCUT2D eigenvalue weighted by Crippen LogP contribution is -2.01. The lowest BCUT2D eigenvalue weighted by atomic mass is 9.95. The molecule has 0 radical (unpaired) electrons. The molecule has 0 amide bonds. The molecule has 3 rings (SSSR count). The number of allylic oxidation sites excluding steroid dienone is 2. The minimum Gasteiger partial charge on any atom is -0.360 e. The Morgan fingerprint density at radius 1 is 1.41 bits per heavy atom. The highest BCUT2D eigenvalue weighted by Crippen LogP contribution is 2.46. The van der Waals surface area contributed by atoms with Gasteiger partial charge in [-0.05, 0) is 25.2 Å². The second kappa shape index (κ2) is 3.83. The molecule has 0 N–H and O–H groups in total. The molecule has 1 aromatic rings. The molecule has 3 heteroatoms. The molecular formula is C14H17NO2. The fourth-order valence-electron chi connectivity index (χ4n) is 2.44. The Morgan fingerprint density at radius 3 is 2.71 bits per heavy atom. The van der Waals surface area contributed by atoms with Gasteiger partial charge in [-0.1, -0.05) is 25.1 Å². The van der Waals surface area contributed by atoms with Gasteiger partial charge < -0.3 is 4.52 Å². The van der Waals surface area contributed by atoms with Crippen LogP contribution in [0, 0.1) is 0 Å². The Labute approximate surface area is 101 Å². The highest BCUT2D eigenvalue weighted by atomic mass is 16.5. The van der Waals surface area contributed by atoms with E-state index in [2.05, 4.69) is 19.0 Å². The summed E-state index contributed by atoms with van der Waals surface area (Å²) in [6.07, 6.45) is 5.89. The van der Waals surface area contributed by atoms with E-state index in [0.29, 0.717) is 18.3 Å². The van der Waals surface area contributed by atoms with Crippen molar-refractivity contribution < 1.29 is 9.32 Å². The van der Waals surface area contributed by atoms with Gasteiger partial charge in [0.2, 0.25) is 0 Å². The van der Waals surface area contributed by atoms with Crippen LogP contribution in [0.4, 0.5) is 0 Å². The van der Waals surface area contributed by atoms with Crippen molar-refractivity contribution in [2.24, 2.45) is 0 Å². The molecule has 1 aromatic heterocycles. The number of nitrogens with zero attached hydrogens (tertiary/aromatic N) is 1. The van der Waals surface area contributed by atoms with Crippen LogP contribution in [0.15, 0.2) is 10.6 Å². The Balaban J connectivity index is 2.11.